The van der Waals surface area contributed by atoms with Crippen LogP contribution in [0.3, 0.4) is 0 Å². The maximum Gasteiger partial charge on any atom is 0.0838 e. The largest absolute Gasteiger partial charge is 0.251 e. The average molecular weight is 203 g/mol. The molecule has 0 saturated heterocycles. The van der Waals surface area contributed by atoms with E-state index in [1.807, 2.05) is 12.1 Å². The first-order chi connectivity index (χ1) is 6.68. The number of aromatic nitrogens is 1. The van der Waals surface area contributed by atoms with E-state index in [0.29, 0.717) is 5.92 Å². The van der Waals surface area contributed by atoms with E-state index in [2.05, 4.69) is 49.7 Å². The molecule has 2 heteroatoms. The van der Waals surface area contributed by atoms with Crippen molar-refractivity contribution in [3.63, 3.8) is 0 Å². The van der Waals surface area contributed by atoms with Crippen LogP contribution in [0.5, 0.6) is 0 Å². The maximum absolute atomic E-state index is 4.60. The van der Waals surface area contributed by atoms with Crippen LogP contribution in [0.15, 0.2) is 35.2 Å². The van der Waals surface area contributed by atoms with Crippen molar-refractivity contribution in [2.45, 2.75) is 24.7 Å². The molecule has 2 aromatic rings. The fourth-order valence-electron chi connectivity index (χ4n) is 1.47. The summed E-state index contributed by atoms with van der Waals surface area (Å²) in [5, 5.41) is 1.15. The lowest BCUT2D eigenvalue weighted by Gasteiger charge is -2.06. The van der Waals surface area contributed by atoms with E-state index in [1.54, 1.807) is 0 Å². The van der Waals surface area contributed by atoms with Gasteiger partial charge in [-0.25, -0.2) is 0 Å². The zero-order chi connectivity index (χ0) is 10.1. The van der Waals surface area contributed by atoms with Gasteiger partial charge in [-0.2, -0.15) is 0 Å². The third-order valence-corrected chi connectivity index (χ3v) is 2.67. The lowest BCUT2D eigenvalue weighted by Crippen LogP contribution is -1.92. The number of thiol groups is 1. The molecule has 1 aromatic carbocycles. The van der Waals surface area contributed by atoms with Crippen LogP contribution < -0.4 is 0 Å². The van der Waals surface area contributed by atoms with Gasteiger partial charge in [0.05, 0.1) is 5.52 Å². The average Bonchev–Trinajstić information content (AvgIpc) is 2.18. The Balaban J connectivity index is 2.70. The Morgan fingerprint density at radius 1 is 1.14 bits per heavy atom. The summed E-state index contributed by atoms with van der Waals surface area (Å²) in [4.78, 5) is 5.55. The molecular weight excluding hydrogens is 190 g/mol. The quantitative estimate of drug-likeness (QED) is 0.698. The molecule has 0 aliphatic carbocycles. The Hall–Kier alpha value is -1.02. The second-order valence-electron chi connectivity index (χ2n) is 3.74. The number of hydrogen-bond donors (Lipinski definition) is 1. The number of benzene rings is 1. The van der Waals surface area contributed by atoms with Gasteiger partial charge in [-0.1, -0.05) is 32.0 Å². The SMILES string of the molecule is CC(C)c1ccc2cccc(S)c2n1. The summed E-state index contributed by atoms with van der Waals surface area (Å²) in [6, 6.07) is 10.2. The number of hydrogen-bond acceptors (Lipinski definition) is 2. The predicted molar refractivity (Wildman–Crippen MR) is 63.1 cm³/mol. The van der Waals surface area contributed by atoms with Crippen molar-refractivity contribution in [3.8, 4) is 0 Å². The van der Waals surface area contributed by atoms with Gasteiger partial charge in [0.15, 0.2) is 0 Å². The van der Waals surface area contributed by atoms with Gasteiger partial charge in [0.2, 0.25) is 0 Å². The van der Waals surface area contributed by atoms with E-state index in [1.165, 1.54) is 0 Å². The highest BCUT2D eigenvalue weighted by atomic mass is 32.1. The molecule has 0 spiro atoms. The summed E-state index contributed by atoms with van der Waals surface area (Å²) in [6.45, 7) is 4.30. The van der Waals surface area contributed by atoms with Crippen LogP contribution in [0.1, 0.15) is 25.5 Å². The van der Waals surface area contributed by atoms with Crippen molar-refractivity contribution in [1.29, 1.82) is 0 Å². The Kier molecular flexibility index (Phi) is 2.46. The van der Waals surface area contributed by atoms with E-state index in [0.717, 1.165) is 21.5 Å². The van der Waals surface area contributed by atoms with Crippen LogP contribution in [-0.2, 0) is 0 Å². The molecule has 0 N–H and O–H groups in total. The monoisotopic (exact) mass is 203 g/mol. The number of nitrogens with zero attached hydrogens (tertiary/aromatic N) is 1. The van der Waals surface area contributed by atoms with Gasteiger partial charge in [-0.15, -0.1) is 12.6 Å². The molecule has 2 rings (SSSR count). The van der Waals surface area contributed by atoms with Gasteiger partial charge in [-0.3, -0.25) is 4.98 Å². The van der Waals surface area contributed by atoms with Gasteiger partial charge < -0.3 is 0 Å². The van der Waals surface area contributed by atoms with Crippen molar-refractivity contribution in [3.05, 3.63) is 36.0 Å². The summed E-state index contributed by atoms with van der Waals surface area (Å²) < 4.78 is 0. The minimum absolute atomic E-state index is 0.465. The predicted octanol–water partition coefficient (Wildman–Crippen LogP) is 3.65. The highest BCUT2D eigenvalue weighted by molar-refractivity contribution is 7.80. The van der Waals surface area contributed by atoms with Crippen molar-refractivity contribution >= 4 is 23.5 Å². The molecular formula is C12H13NS. The van der Waals surface area contributed by atoms with E-state index in [4.69, 9.17) is 0 Å². The number of rotatable bonds is 1. The number of fused-ring (bicyclic) bond motifs is 1. The fourth-order valence-corrected chi connectivity index (χ4v) is 1.73. The number of para-hydroxylation sites is 1. The molecule has 14 heavy (non-hydrogen) atoms. The molecule has 1 aromatic heterocycles. The highest BCUT2D eigenvalue weighted by Gasteiger charge is 2.03. The van der Waals surface area contributed by atoms with Crippen LogP contribution in [0.2, 0.25) is 0 Å². The summed E-state index contributed by atoms with van der Waals surface area (Å²) in [5.41, 5.74) is 2.13. The van der Waals surface area contributed by atoms with Crippen LogP contribution in [0.4, 0.5) is 0 Å². The second-order valence-corrected chi connectivity index (χ2v) is 4.22. The lowest BCUT2D eigenvalue weighted by molar-refractivity contribution is 0.829. The third kappa shape index (κ3) is 1.62. The smallest absolute Gasteiger partial charge is 0.0838 e. The summed E-state index contributed by atoms with van der Waals surface area (Å²) in [5.74, 6) is 0.465. The first kappa shape index (κ1) is 9.53. The molecule has 1 heterocycles. The Bertz CT molecular complexity index is 463. The van der Waals surface area contributed by atoms with Crippen LogP contribution in [0.25, 0.3) is 10.9 Å². The molecule has 0 aliphatic rings. The lowest BCUT2D eigenvalue weighted by atomic mass is 10.1. The van der Waals surface area contributed by atoms with Crippen molar-refractivity contribution in [2.75, 3.05) is 0 Å². The van der Waals surface area contributed by atoms with Crippen LogP contribution in [0, 0.1) is 0 Å². The van der Waals surface area contributed by atoms with Gasteiger partial charge in [0.25, 0.3) is 0 Å². The summed E-state index contributed by atoms with van der Waals surface area (Å²) in [6.07, 6.45) is 0. The second kappa shape index (κ2) is 3.62. The topological polar surface area (TPSA) is 12.9 Å². The normalized spacial score (nSPS) is 11.1. The van der Waals surface area contributed by atoms with Crippen molar-refractivity contribution < 1.29 is 0 Å². The zero-order valence-electron chi connectivity index (χ0n) is 8.36. The molecule has 0 aliphatic heterocycles. The molecule has 0 radical (unpaired) electrons. The fraction of sp³-hybridized carbons (Fsp3) is 0.250. The summed E-state index contributed by atoms with van der Waals surface area (Å²) in [7, 11) is 0. The van der Waals surface area contributed by atoms with E-state index < -0.39 is 0 Å². The Morgan fingerprint density at radius 3 is 2.64 bits per heavy atom. The molecule has 0 fully saturated rings. The first-order valence-corrected chi connectivity index (χ1v) is 5.22. The van der Waals surface area contributed by atoms with Gasteiger partial charge in [0.1, 0.15) is 0 Å². The van der Waals surface area contributed by atoms with Crippen molar-refractivity contribution in [1.82, 2.24) is 4.98 Å². The number of pyridine rings is 1. The molecule has 0 amide bonds. The van der Waals surface area contributed by atoms with Gasteiger partial charge in [0, 0.05) is 16.0 Å². The van der Waals surface area contributed by atoms with E-state index in [9.17, 15) is 0 Å². The zero-order valence-corrected chi connectivity index (χ0v) is 9.25. The molecule has 0 saturated carbocycles. The van der Waals surface area contributed by atoms with Crippen LogP contribution >= 0.6 is 12.6 Å². The van der Waals surface area contributed by atoms with Gasteiger partial charge in [-0.05, 0) is 18.1 Å². The van der Waals surface area contributed by atoms with Crippen LogP contribution in [-0.4, -0.2) is 4.98 Å². The summed E-state index contributed by atoms with van der Waals surface area (Å²) >= 11 is 4.40. The molecule has 0 atom stereocenters. The van der Waals surface area contributed by atoms with Crippen molar-refractivity contribution in [2.24, 2.45) is 0 Å². The standard InChI is InChI=1S/C12H13NS/c1-8(2)10-7-6-9-4-3-5-11(14)12(9)13-10/h3-8,14H,1-2H3. The van der Waals surface area contributed by atoms with Gasteiger partial charge >= 0.3 is 0 Å². The highest BCUT2D eigenvalue weighted by Crippen LogP contribution is 2.22. The Morgan fingerprint density at radius 2 is 1.93 bits per heavy atom. The molecule has 0 unspecified atom stereocenters. The molecule has 1 nitrogen and oxygen atoms in total. The maximum atomic E-state index is 4.60. The molecule has 0 bridgehead atoms. The minimum atomic E-state index is 0.465. The Labute approximate surface area is 89.6 Å². The first-order valence-electron chi connectivity index (χ1n) is 4.77. The minimum Gasteiger partial charge on any atom is -0.251 e. The van der Waals surface area contributed by atoms with E-state index in [-0.39, 0.29) is 0 Å². The third-order valence-electron chi connectivity index (χ3n) is 2.31. The molecule has 72 valence electrons. The van der Waals surface area contributed by atoms with E-state index >= 15 is 0 Å².